The molecular formula is C46H51ClN4O11S2. The van der Waals surface area contributed by atoms with Crippen molar-refractivity contribution in [3.05, 3.63) is 71.2 Å². The van der Waals surface area contributed by atoms with Crippen molar-refractivity contribution in [2.45, 2.75) is 100 Å². The van der Waals surface area contributed by atoms with Gasteiger partial charge in [0.2, 0.25) is 5.78 Å². The number of phenolic OH excluding ortho intramolecular Hbond substituents is 1. The molecule has 2 fully saturated rings. The molecule has 2 aliphatic carbocycles. The third-order valence-corrected chi connectivity index (χ3v) is 13.3. The van der Waals surface area contributed by atoms with E-state index in [4.69, 9.17) is 51.2 Å². The molecular weight excluding hydrogens is 884 g/mol. The van der Waals surface area contributed by atoms with Crippen LogP contribution in [0.25, 0.3) is 21.8 Å². The van der Waals surface area contributed by atoms with Gasteiger partial charge in [0.1, 0.15) is 28.5 Å². The summed E-state index contributed by atoms with van der Waals surface area (Å²) < 4.78 is 37.3. The fourth-order valence-corrected chi connectivity index (χ4v) is 9.42. The van der Waals surface area contributed by atoms with Crippen molar-refractivity contribution in [2.75, 3.05) is 32.8 Å². The molecule has 64 heavy (non-hydrogen) atoms. The predicted molar refractivity (Wildman–Crippen MR) is 244 cm³/mol. The van der Waals surface area contributed by atoms with Gasteiger partial charge in [-0.3, -0.25) is 19.9 Å². The van der Waals surface area contributed by atoms with E-state index in [2.05, 4.69) is 44.3 Å². The van der Waals surface area contributed by atoms with Crippen LogP contribution in [-0.2, 0) is 53.9 Å². The third kappa shape index (κ3) is 10.1. The second-order valence-electron chi connectivity index (χ2n) is 16.3. The quantitative estimate of drug-likeness (QED) is 0.0742. The van der Waals surface area contributed by atoms with Gasteiger partial charge < -0.3 is 48.9 Å². The molecule has 1 amide bonds. The molecule has 2 aliphatic heterocycles. The van der Waals surface area contributed by atoms with E-state index in [1.54, 1.807) is 44.4 Å². The predicted octanol–water partition coefficient (Wildman–Crippen LogP) is 4.39. The number of nitrogens with one attached hydrogen (secondary N) is 3. The van der Waals surface area contributed by atoms with E-state index in [1.807, 2.05) is 20.1 Å². The van der Waals surface area contributed by atoms with Crippen molar-refractivity contribution >= 4 is 71.7 Å². The number of benzene rings is 1. The molecule has 2 saturated heterocycles. The normalized spacial score (nSPS) is 31.1. The van der Waals surface area contributed by atoms with Crippen molar-refractivity contribution in [3.63, 3.8) is 0 Å². The molecule has 3 aromatic rings. The highest BCUT2D eigenvalue weighted by Gasteiger charge is 2.55. The number of aromatic nitrogens is 2. The number of alkyl halides is 1. The number of amides is 1. The zero-order valence-electron chi connectivity index (χ0n) is 36.1. The fraction of sp³-hybridized carbons (Fsp3) is 0.478. The molecule has 0 spiro atoms. The van der Waals surface area contributed by atoms with Crippen LogP contribution >= 0.6 is 11.6 Å². The zero-order valence-corrected chi connectivity index (χ0v) is 38.5. The first kappa shape index (κ1) is 47.5. The second-order valence-corrected chi connectivity index (χ2v) is 20.1. The van der Waals surface area contributed by atoms with E-state index in [-0.39, 0.29) is 60.3 Å². The summed E-state index contributed by atoms with van der Waals surface area (Å²) >= 11 is 13.0. The van der Waals surface area contributed by atoms with Crippen LogP contribution in [0.1, 0.15) is 50.5 Å². The molecule has 9 unspecified atom stereocenters. The lowest BCUT2D eigenvalue weighted by Crippen LogP contribution is -2.59. The summed E-state index contributed by atoms with van der Waals surface area (Å²) in [5.74, 6) is 10.3. The minimum Gasteiger partial charge on any atom is -0.508 e. The topological polar surface area (TPSA) is 200 Å². The number of rotatable bonds is 12. The summed E-state index contributed by atoms with van der Waals surface area (Å²) in [6, 6.07) is 6.63. The maximum atomic E-state index is 14.9. The van der Waals surface area contributed by atoms with Gasteiger partial charge in [-0.25, -0.2) is 4.79 Å². The number of aromatic amines is 1. The standard InChI is InChI=1S/C46H51ClN4O11S2/c1-24(2)49-32-23-59-38(21-36(32)57-4)61-37-22-46(47,43(55)42-41-27(15-17-48-42)30-19-26(52)13-14-31(30)50-41)25(3)60-44(37)62-35-12-10-8-7-9-11-29-39(35)28(16-18-64(6)63)33(53)20-34(54)40(29)51-45(56)58-5/h7-8,13-17,19,24-25,32-33,35-39,44,49-50,52-53H,18,20-23H2,1-6H3,(H,51,56)/b8-7-,28-16-/t25?,32?,33-,35-,36?,37?,38?,39?,44?,46?,64?/m0/s1. The number of aliphatic hydroxyl groups excluding tert-OH is 1. The number of carbonyl (C=O) groups excluding carboxylic acids is 3. The number of H-pyrrole nitrogens is 1. The molecule has 7 rings (SSSR count). The molecule has 2 aromatic heterocycles. The van der Waals surface area contributed by atoms with Crippen LogP contribution in [0.4, 0.5) is 4.79 Å². The number of phenols is 1. The van der Waals surface area contributed by atoms with Gasteiger partial charge in [0.05, 0.1) is 55.2 Å². The highest BCUT2D eigenvalue weighted by atomic mass is 35.5. The maximum Gasteiger partial charge on any atom is 0.411 e. The molecule has 0 bridgehead atoms. The lowest BCUT2D eigenvalue weighted by atomic mass is 9.83. The van der Waals surface area contributed by atoms with Gasteiger partial charge in [-0.15, -0.1) is 21.1 Å². The first-order valence-corrected chi connectivity index (χ1v) is 23.9. The lowest BCUT2D eigenvalue weighted by Gasteiger charge is -2.46. The molecule has 0 radical (unpaired) electrons. The monoisotopic (exact) mass is 934 g/mol. The van der Waals surface area contributed by atoms with E-state index in [0.29, 0.717) is 39.6 Å². The Kier molecular flexibility index (Phi) is 15.1. The first-order chi connectivity index (χ1) is 30.6. The fourth-order valence-electron chi connectivity index (χ4n) is 8.50. The van der Waals surface area contributed by atoms with E-state index < -0.39 is 74.9 Å². The SMILES string of the molecule is COC(=O)NC1=C2C#C/C=C\C#C[C@H](OC3OC(C)C(Cl)(C(=O)c4nccc5c4[nH]c4ccc(O)cc45)CC3OC3CC(OC)C(NC(C)C)CO3)C2/C(=C\CS(C)=S)[C@@H](O)CC1=O. The molecule has 1 aromatic carbocycles. The highest BCUT2D eigenvalue weighted by molar-refractivity contribution is 8.28. The van der Waals surface area contributed by atoms with Crippen molar-refractivity contribution in [3.8, 4) is 29.4 Å². The van der Waals surface area contributed by atoms with Gasteiger partial charge >= 0.3 is 6.09 Å². The molecule has 340 valence electrons. The number of fused-ring (bicyclic) bond motifs is 4. The highest BCUT2D eigenvalue weighted by Crippen LogP contribution is 2.43. The number of hydrogen-bond donors (Lipinski definition) is 5. The number of aliphatic hydroxyl groups is 1. The average molecular weight is 936 g/mol. The van der Waals surface area contributed by atoms with Crippen molar-refractivity contribution in [1.82, 2.24) is 20.6 Å². The third-order valence-electron chi connectivity index (χ3n) is 11.6. The van der Waals surface area contributed by atoms with Gasteiger partial charge in [0.15, 0.2) is 18.4 Å². The summed E-state index contributed by atoms with van der Waals surface area (Å²) in [6.07, 6.45) is -0.172. The van der Waals surface area contributed by atoms with Crippen LogP contribution in [0.5, 0.6) is 5.75 Å². The molecule has 18 heteroatoms. The van der Waals surface area contributed by atoms with Crippen LogP contribution < -0.4 is 10.6 Å². The number of ether oxygens (including phenoxy) is 6. The molecule has 4 aliphatic rings. The number of nitrogens with zero attached hydrogens (tertiary/aromatic N) is 1. The van der Waals surface area contributed by atoms with Crippen molar-refractivity contribution in [2.24, 2.45) is 5.92 Å². The van der Waals surface area contributed by atoms with Crippen LogP contribution in [0.3, 0.4) is 0 Å². The van der Waals surface area contributed by atoms with Gasteiger partial charge in [0, 0.05) is 66.2 Å². The minimum atomic E-state index is -1.78. The number of carbonyl (C=O) groups is 3. The molecule has 11 atom stereocenters. The number of halogens is 1. The Bertz CT molecular complexity index is 2550. The zero-order chi connectivity index (χ0) is 45.9. The second kappa shape index (κ2) is 20.3. The smallest absolute Gasteiger partial charge is 0.411 e. The Labute approximate surface area is 383 Å². The molecule has 15 nitrogen and oxygen atoms in total. The van der Waals surface area contributed by atoms with Gasteiger partial charge in [0.25, 0.3) is 0 Å². The number of methoxy groups -OCH3 is 2. The molecule has 0 saturated carbocycles. The number of hydrogen-bond acceptors (Lipinski definition) is 14. The van der Waals surface area contributed by atoms with E-state index in [0.717, 1.165) is 7.11 Å². The largest absolute Gasteiger partial charge is 0.508 e. The number of ketones is 2. The summed E-state index contributed by atoms with van der Waals surface area (Å²) in [5, 5.41) is 29.3. The summed E-state index contributed by atoms with van der Waals surface area (Å²) in [7, 11) is 2.25. The summed E-state index contributed by atoms with van der Waals surface area (Å²) in [4.78, 5) is 47.4. The van der Waals surface area contributed by atoms with E-state index in [9.17, 15) is 24.6 Å². The van der Waals surface area contributed by atoms with Crippen molar-refractivity contribution in [1.29, 1.82) is 0 Å². The minimum absolute atomic E-state index is 0.0594. The number of pyridine rings is 1. The maximum absolute atomic E-state index is 14.9. The summed E-state index contributed by atoms with van der Waals surface area (Å²) in [5.41, 5.74) is 1.48. The van der Waals surface area contributed by atoms with Crippen molar-refractivity contribution < 1.29 is 53.0 Å². The Hall–Kier alpha value is -4.50. The Morgan fingerprint density at radius 1 is 1.17 bits per heavy atom. The van der Waals surface area contributed by atoms with Gasteiger partial charge in [-0.2, -0.15) is 0 Å². The average Bonchev–Trinajstić information content (AvgIpc) is 3.63. The number of allylic oxidation sites excluding steroid dienone is 3. The Balaban J connectivity index is 1.31. The van der Waals surface area contributed by atoms with Gasteiger partial charge in [-0.05, 0) is 55.2 Å². The van der Waals surface area contributed by atoms with Crippen LogP contribution in [0.15, 0.2) is 65.5 Å². The van der Waals surface area contributed by atoms with Crippen LogP contribution in [0.2, 0.25) is 0 Å². The van der Waals surface area contributed by atoms with Crippen LogP contribution in [-0.4, -0.2) is 131 Å². The summed E-state index contributed by atoms with van der Waals surface area (Å²) in [6.45, 7) is 5.96. The van der Waals surface area contributed by atoms with Gasteiger partial charge in [-0.1, -0.05) is 54.8 Å². The number of aromatic hydroxyl groups is 1. The van der Waals surface area contributed by atoms with E-state index >= 15 is 0 Å². The lowest BCUT2D eigenvalue weighted by molar-refractivity contribution is -0.305. The van der Waals surface area contributed by atoms with E-state index in [1.165, 1.54) is 18.3 Å². The number of alkyl carbamates (subject to hydrolysis) is 1. The van der Waals surface area contributed by atoms with Crippen LogP contribution in [0, 0.1) is 29.6 Å². The number of Topliss-reactive ketones (excluding diaryl/α,β-unsaturated/α-hetero) is 2. The molecule has 5 N–H and O–H groups in total. The Morgan fingerprint density at radius 2 is 1.95 bits per heavy atom. The Morgan fingerprint density at radius 3 is 2.69 bits per heavy atom. The molecule has 4 heterocycles. The first-order valence-electron chi connectivity index (χ1n) is 20.8.